The van der Waals surface area contributed by atoms with Crippen LogP contribution in [0.25, 0.3) is 0 Å². The topological polar surface area (TPSA) is 108 Å². The molecule has 0 aliphatic carbocycles. The number of hydrogen-bond donors (Lipinski definition) is 3. The van der Waals surface area contributed by atoms with Crippen molar-refractivity contribution in [3.05, 3.63) is 71.3 Å². The molecule has 1 atom stereocenters. The van der Waals surface area contributed by atoms with Crippen molar-refractivity contribution >= 4 is 23.2 Å². The first-order valence-electron chi connectivity index (χ1n) is 12.0. The van der Waals surface area contributed by atoms with Gasteiger partial charge in [0.2, 0.25) is 5.91 Å². The van der Waals surface area contributed by atoms with Crippen molar-refractivity contribution in [1.29, 1.82) is 0 Å². The number of fused-ring (bicyclic) bond motifs is 4. The van der Waals surface area contributed by atoms with Crippen molar-refractivity contribution in [1.82, 2.24) is 0 Å². The number of anilines is 2. The lowest BCUT2D eigenvalue weighted by molar-refractivity contribution is -0.122. The van der Waals surface area contributed by atoms with E-state index in [0.29, 0.717) is 46.1 Å². The van der Waals surface area contributed by atoms with Gasteiger partial charge in [-0.25, -0.2) is 0 Å². The number of aromatic hydroxyl groups is 2. The molecule has 186 valence electrons. The van der Waals surface area contributed by atoms with Gasteiger partial charge in [0.05, 0.1) is 7.11 Å². The molecule has 2 heterocycles. The van der Waals surface area contributed by atoms with E-state index >= 15 is 0 Å². The van der Waals surface area contributed by atoms with Crippen LogP contribution in [0.15, 0.2) is 54.6 Å². The SMILES string of the molecule is CCCCCN1C(=O)C2(COc3cc(O)c(O)cc32)c2c(C(=O)Nc3cccc(OC)c3)cccc21. The summed E-state index contributed by atoms with van der Waals surface area (Å²) < 4.78 is 11.2. The summed E-state index contributed by atoms with van der Waals surface area (Å²) in [7, 11) is 1.55. The normalized spacial score (nSPS) is 17.6. The summed E-state index contributed by atoms with van der Waals surface area (Å²) in [4.78, 5) is 29.4. The number of hydrogen-bond acceptors (Lipinski definition) is 6. The highest BCUT2D eigenvalue weighted by Crippen LogP contribution is 2.55. The van der Waals surface area contributed by atoms with Gasteiger partial charge in [0.1, 0.15) is 23.5 Å². The second kappa shape index (κ2) is 9.11. The Hall–Kier alpha value is -4.20. The molecule has 1 unspecified atom stereocenters. The molecule has 3 aromatic carbocycles. The number of unbranched alkanes of at least 4 members (excludes halogenated alkanes) is 2. The third-order valence-corrected chi connectivity index (χ3v) is 6.91. The lowest BCUT2D eigenvalue weighted by Gasteiger charge is -2.24. The number of carbonyl (C=O) groups excluding carboxylic acids is 2. The molecule has 0 saturated carbocycles. The van der Waals surface area contributed by atoms with E-state index in [0.717, 1.165) is 19.3 Å². The molecule has 8 heteroatoms. The van der Waals surface area contributed by atoms with Crippen LogP contribution in [0.1, 0.15) is 47.7 Å². The number of benzene rings is 3. The van der Waals surface area contributed by atoms with Crippen LogP contribution in [0.4, 0.5) is 11.4 Å². The molecular formula is C28H28N2O6. The molecule has 1 spiro atoms. The summed E-state index contributed by atoms with van der Waals surface area (Å²) in [6.45, 7) is 2.56. The molecule has 2 aliphatic heterocycles. The van der Waals surface area contributed by atoms with Crippen molar-refractivity contribution in [3.8, 4) is 23.0 Å². The molecule has 2 amide bonds. The summed E-state index contributed by atoms with van der Waals surface area (Å²) in [5.74, 6) is -0.356. The van der Waals surface area contributed by atoms with Crippen molar-refractivity contribution in [2.45, 2.75) is 31.6 Å². The number of carbonyl (C=O) groups is 2. The molecule has 5 rings (SSSR count). The second-order valence-corrected chi connectivity index (χ2v) is 9.08. The average Bonchev–Trinajstić information content (AvgIpc) is 3.36. The van der Waals surface area contributed by atoms with Crippen molar-refractivity contribution in [2.24, 2.45) is 0 Å². The largest absolute Gasteiger partial charge is 0.504 e. The molecule has 8 nitrogen and oxygen atoms in total. The third-order valence-electron chi connectivity index (χ3n) is 6.91. The standard InChI is InChI=1S/C28H28N2O6/c1-3-4-5-12-30-21-11-7-10-19(26(33)29-17-8-6-9-18(13-17)35-2)25(21)28(27(30)34)16-36-24-15-23(32)22(31)14-20(24)28/h6-11,13-15,31-32H,3-5,12,16H2,1-2H3,(H,29,33). The monoisotopic (exact) mass is 488 g/mol. The van der Waals surface area contributed by atoms with Gasteiger partial charge in [0.15, 0.2) is 11.5 Å². The van der Waals surface area contributed by atoms with Crippen LogP contribution in [0.3, 0.4) is 0 Å². The number of rotatable bonds is 7. The van der Waals surface area contributed by atoms with Crippen LogP contribution in [-0.2, 0) is 10.2 Å². The van der Waals surface area contributed by atoms with Crippen LogP contribution in [0, 0.1) is 0 Å². The van der Waals surface area contributed by atoms with Gasteiger partial charge >= 0.3 is 0 Å². The maximum absolute atomic E-state index is 14.1. The van der Waals surface area contributed by atoms with E-state index in [1.54, 1.807) is 48.4 Å². The van der Waals surface area contributed by atoms with E-state index in [1.807, 2.05) is 6.07 Å². The van der Waals surface area contributed by atoms with Gasteiger partial charge in [-0.1, -0.05) is 31.9 Å². The molecule has 0 bridgehead atoms. The quantitative estimate of drug-likeness (QED) is 0.332. The third kappa shape index (κ3) is 3.61. The maximum Gasteiger partial charge on any atom is 0.256 e. The van der Waals surface area contributed by atoms with E-state index < -0.39 is 5.41 Å². The molecule has 2 aliphatic rings. The smallest absolute Gasteiger partial charge is 0.256 e. The van der Waals surface area contributed by atoms with E-state index in [9.17, 15) is 19.8 Å². The summed E-state index contributed by atoms with van der Waals surface area (Å²) in [6, 6.07) is 15.0. The lowest BCUT2D eigenvalue weighted by Crippen LogP contribution is -2.43. The predicted molar refractivity (Wildman–Crippen MR) is 135 cm³/mol. The highest BCUT2D eigenvalue weighted by atomic mass is 16.5. The van der Waals surface area contributed by atoms with Crippen LogP contribution in [0.2, 0.25) is 0 Å². The molecule has 3 N–H and O–H groups in total. The van der Waals surface area contributed by atoms with Gasteiger partial charge < -0.3 is 29.9 Å². The van der Waals surface area contributed by atoms with Gasteiger partial charge in [-0.15, -0.1) is 0 Å². The number of methoxy groups -OCH3 is 1. The molecule has 0 saturated heterocycles. The molecular weight excluding hydrogens is 460 g/mol. The molecule has 0 fully saturated rings. The fraction of sp³-hybridized carbons (Fsp3) is 0.286. The van der Waals surface area contributed by atoms with Gasteiger partial charge in [-0.2, -0.15) is 0 Å². The Morgan fingerprint density at radius 3 is 2.67 bits per heavy atom. The van der Waals surface area contributed by atoms with E-state index in [1.165, 1.54) is 12.1 Å². The molecule has 0 radical (unpaired) electrons. The number of phenolic OH excluding ortho intramolecular Hbond substituents is 2. The minimum atomic E-state index is -1.32. The van der Waals surface area contributed by atoms with Crippen LogP contribution < -0.4 is 19.7 Å². The summed E-state index contributed by atoms with van der Waals surface area (Å²) in [5, 5.41) is 23.2. The first-order valence-corrected chi connectivity index (χ1v) is 12.0. The first-order chi connectivity index (χ1) is 17.4. The Balaban J connectivity index is 1.65. The fourth-order valence-electron chi connectivity index (χ4n) is 5.15. The Morgan fingerprint density at radius 2 is 1.89 bits per heavy atom. The lowest BCUT2D eigenvalue weighted by atomic mass is 9.75. The van der Waals surface area contributed by atoms with Gasteiger partial charge in [-0.3, -0.25) is 9.59 Å². The average molecular weight is 489 g/mol. The van der Waals surface area contributed by atoms with Crippen LogP contribution in [-0.4, -0.2) is 42.3 Å². The van der Waals surface area contributed by atoms with Crippen LogP contribution >= 0.6 is 0 Å². The number of amides is 2. The molecule has 36 heavy (non-hydrogen) atoms. The summed E-state index contributed by atoms with van der Waals surface area (Å²) in [5.41, 5.74) is 1.20. The minimum absolute atomic E-state index is 0.0369. The van der Waals surface area contributed by atoms with Crippen molar-refractivity contribution in [2.75, 3.05) is 30.5 Å². The van der Waals surface area contributed by atoms with E-state index in [-0.39, 0.29) is 29.9 Å². The second-order valence-electron chi connectivity index (χ2n) is 9.08. The minimum Gasteiger partial charge on any atom is -0.504 e. The van der Waals surface area contributed by atoms with E-state index in [4.69, 9.17) is 9.47 Å². The highest BCUT2D eigenvalue weighted by Gasteiger charge is 2.58. The predicted octanol–water partition coefficient (Wildman–Crippen LogP) is 4.57. The molecule has 3 aromatic rings. The highest BCUT2D eigenvalue weighted by molar-refractivity contribution is 6.16. The number of nitrogens with one attached hydrogen (secondary N) is 1. The van der Waals surface area contributed by atoms with Crippen LogP contribution in [0.5, 0.6) is 23.0 Å². The van der Waals surface area contributed by atoms with Crippen molar-refractivity contribution in [3.63, 3.8) is 0 Å². The maximum atomic E-state index is 14.1. The Bertz CT molecular complexity index is 1350. The van der Waals surface area contributed by atoms with Gasteiger partial charge in [0.25, 0.3) is 5.91 Å². The zero-order valence-electron chi connectivity index (χ0n) is 20.2. The Morgan fingerprint density at radius 1 is 1.11 bits per heavy atom. The summed E-state index contributed by atoms with van der Waals surface area (Å²) in [6.07, 6.45) is 2.78. The zero-order valence-corrected chi connectivity index (χ0v) is 20.2. The zero-order chi connectivity index (χ0) is 25.4. The Kier molecular flexibility index (Phi) is 5.96. The molecule has 0 aromatic heterocycles. The number of ether oxygens (including phenoxy) is 2. The Labute approximate surface area is 209 Å². The summed E-state index contributed by atoms with van der Waals surface area (Å²) >= 11 is 0. The number of phenols is 2. The number of nitrogens with zero attached hydrogens (tertiary/aromatic N) is 1. The van der Waals surface area contributed by atoms with Gasteiger partial charge in [0, 0.05) is 46.7 Å². The fourth-order valence-corrected chi connectivity index (χ4v) is 5.15. The first kappa shape index (κ1) is 23.5. The van der Waals surface area contributed by atoms with Gasteiger partial charge in [-0.05, 0) is 36.8 Å². The van der Waals surface area contributed by atoms with E-state index in [2.05, 4.69) is 12.2 Å². The van der Waals surface area contributed by atoms with Crippen molar-refractivity contribution < 1.29 is 29.3 Å².